The number of carbonyl (C=O) groups excluding carboxylic acids is 1. The first-order valence-electron chi connectivity index (χ1n) is 6.75. The molecular formula is C13H19N3O2S. The summed E-state index contributed by atoms with van der Waals surface area (Å²) >= 11 is 1.52. The largest absolute Gasteiger partial charge is 0.371 e. The van der Waals surface area contributed by atoms with E-state index in [-0.39, 0.29) is 11.5 Å². The summed E-state index contributed by atoms with van der Waals surface area (Å²) < 4.78 is 5.98. The van der Waals surface area contributed by atoms with Crippen LogP contribution in [0.4, 0.5) is 0 Å². The second kappa shape index (κ2) is 5.19. The number of morpholine rings is 1. The molecule has 6 heteroatoms. The highest BCUT2D eigenvalue weighted by molar-refractivity contribution is 7.09. The van der Waals surface area contributed by atoms with Gasteiger partial charge < -0.3 is 15.0 Å². The monoisotopic (exact) mass is 281 g/mol. The molecule has 1 spiro atoms. The van der Waals surface area contributed by atoms with Gasteiger partial charge in [0.25, 0.3) is 5.91 Å². The lowest BCUT2D eigenvalue weighted by atomic mass is 9.90. The van der Waals surface area contributed by atoms with Gasteiger partial charge in [0, 0.05) is 11.9 Å². The van der Waals surface area contributed by atoms with Gasteiger partial charge in [0.15, 0.2) is 0 Å². The highest BCUT2D eigenvalue weighted by atomic mass is 32.1. The quantitative estimate of drug-likeness (QED) is 0.836. The molecule has 19 heavy (non-hydrogen) atoms. The molecule has 1 aromatic rings. The number of hydrogen-bond acceptors (Lipinski definition) is 5. The predicted molar refractivity (Wildman–Crippen MR) is 73.5 cm³/mol. The molecule has 0 unspecified atom stereocenters. The number of amides is 1. The smallest absolute Gasteiger partial charge is 0.273 e. The van der Waals surface area contributed by atoms with Crippen molar-refractivity contribution in [2.75, 3.05) is 32.8 Å². The average molecular weight is 281 g/mol. The summed E-state index contributed by atoms with van der Waals surface area (Å²) in [4.78, 5) is 18.6. The Morgan fingerprint density at radius 3 is 3.00 bits per heavy atom. The number of aryl methyl sites for hydroxylation is 1. The van der Waals surface area contributed by atoms with Crippen LogP contribution in [-0.4, -0.2) is 54.2 Å². The predicted octanol–water partition coefficient (Wildman–Crippen LogP) is 1.05. The van der Waals surface area contributed by atoms with Gasteiger partial charge in [-0.2, -0.15) is 0 Å². The first-order chi connectivity index (χ1) is 9.19. The van der Waals surface area contributed by atoms with Crippen molar-refractivity contribution in [3.05, 3.63) is 16.1 Å². The fourth-order valence-corrected chi connectivity index (χ4v) is 3.41. The lowest BCUT2D eigenvalue weighted by molar-refractivity contribution is -0.114. The number of ether oxygens (including phenoxy) is 1. The molecule has 0 saturated carbocycles. The number of thiazole rings is 1. The molecule has 2 saturated heterocycles. The maximum atomic E-state index is 12.4. The minimum Gasteiger partial charge on any atom is -0.371 e. The van der Waals surface area contributed by atoms with Gasteiger partial charge >= 0.3 is 0 Å². The topological polar surface area (TPSA) is 54.5 Å². The highest BCUT2D eigenvalue weighted by Crippen LogP contribution is 2.28. The van der Waals surface area contributed by atoms with Crippen molar-refractivity contribution in [2.45, 2.75) is 25.4 Å². The van der Waals surface area contributed by atoms with E-state index in [4.69, 9.17) is 4.74 Å². The van der Waals surface area contributed by atoms with Crippen molar-refractivity contribution in [3.8, 4) is 0 Å². The molecule has 0 aromatic carbocycles. The fourth-order valence-electron chi connectivity index (χ4n) is 2.83. The van der Waals surface area contributed by atoms with Crippen molar-refractivity contribution in [3.63, 3.8) is 0 Å². The minimum absolute atomic E-state index is 0.0468. The molecule has 3 rings (SSSR count). The Hall–Kier alpha value is -0.980. The summed E-state index contributed by atoms with van der Waals surface area (Å²) in [5, 5.41) is 6.13. The minimum atomic E-state index is -0.135. The SMILES string of the molecule is Cc1nc(C(=O)N2CCOC3(CCNCC3)C2)cs1. The maximum absolute atomic E-state index is 12.4. The molecule has 2 aliphatic heterocycles. The van der Waals surface area contributed by atoms with Crippen LogP contribution in [-0.2, 0) is 4.74 Å². The molecule has 0 radical (unpaired) electrons. The van der Waals surface area contributed by atoms with Crippen LogP contribution in [0.25, 0.3) is 0 Å². The van der Waals surface area contributed by atoms with E-state index in [1.807, 2.05) is 17.2 Å². The molecule has 3 heterocycles. The zero-order valence-corrected chi connectivity index (χ0v) is 12.0. The zero-order chi connectivity index (χ0) is 13.3. The van der Waals surface area contributed by atoms with Gasteiger partial charge in [0.05, 0.1) is 23.8 Å². The lowest BCUT2D eigenvalue weighted by Gasteiger charge is -2.44. The van der Waals surface area contributed by atoms with Crippen molar-refractivity contribution < 1.29 is 9.53 Å². The van der Waals surface area contributed by atoms with E-state index in [0.717, 1.165) is 30.9 Å². The number of rotatable bonds is 1. The van der Waals surface area contributed by atoms with E-state index < -0.39 is 0 Å². The number of hydrogen-bond donors (Lipinski definition) is 1. The van der Waals surface area contributed by atoms with Gasteiger partial charge in [-0.25, -0.2) is 4.98 Å². The molecular weight excluding hydrogens is 262 g/mol. The van der Waals surface area contributed by atoms with Crippen molar-refractivity contribution in [1.29, 1.82) is 0 Å². The maximum Gasteiger partial charge on any atom is 0.273 e. The van der Waals surface area contributed by atoms with Crippen LogP contribution in [0.3, 0.4) is 0 Å². The first kappa shape index (κ1) is 13.0. The van der Waals surface area contributed by atoms with E-state index in [2.05, 4.69) is 10.3 Å². The summed E-state index contributed by atoms with van der Waals surface area (Å²) in [5.41, 5.74) is 0.443. The number of piperidine rings is 1. The third-order valence-electron chi connectivity index (χ3n) is 3.89. The van der Waals surface area contributed by atoms with Gasteiger partial charge in [0.1, 0.15) is 5.69 Å². The van der Waals surface area contributed by atoms with Crippen LogP contribution in [0.5, 0.6) is 0 Å². The molecule has 0 bridgehead atoms. The van der Waals surface area contributed by atoms with Crippen LogP contribution < -0.4 is 5.32 Å². The molecule has 2 aliphatic rings. The van der Waals surface area contributed by atoms with E-state index in [1.165, 1.54) is 11.3 Å². The number of nitrogens with zero attached hydrogens (tertiary/aromatic N) is 2. The molecule has 1 aromatic heterocycles. The Balaban J connectivity index is 1.72. The Morgan fingerprint density at radius 2 is 2.32 bits per heavy atom. The van der Waals surface area contributed by atoms with Crippen LogP contribution in [0, 0.1) is 6.92 Å². The summed E-state index contributed by atoms with van der Waals surface area (Å²) in [7, 11) is 0. The molecule has 1 N–H and O–H groups in total. The molecule has 1 amide bonds. The van der Waals surface area contributed by atoms with Gasteiger partial charge in [-0.05, 0) is 32.9 Å². The van der Waals surface area contributed by atoms with Crippen LogP contribution in [0.1, 0.15) is 28.3 Å². The fraction of sp³-hybridized carbons (Fsp3) is 0.692. The molecule has 5 nitrogen and oxygen atoms in total. The van der Waals surface area contributed by atoms with Crippen molar-refractivity contribution in [1.82, 2.24) is 15.2 Å². The summed E-state index contributed by atoms with van der Waals surface area (Å²) in [6.07, 6.45) is 1.96. The second-order valence-electron chi connectivity index (χ2n) is 5.26. The molecule has 2 fully saturated rings. The Labute approximate surface area is 117 Å². The average Bonchev–Trinajstić information content (AvgIpc) is 2.85. The van der Waals surface area contributed by atoms with E-state index in [9.17, 15) is 4.79 Å². The highest BCUT2D eigenvalue weighted by Gasteiger charge is 2.39. The second-order valence-corrected chi connectivity index (χ2v) is 6.32. The van der Waals surface area contributed by atoms with E-state index in [1.54, 1.807) is 0 Å². The third-order valence-corrected chi connectivity index (χ3v) is 4.66. The first-order valence-corrected chi connectivity index (χ1v) is 7.63. The Morgan fingerprint density at radius 1 is 1.53 bits per heavy atom. The van der Waals surface area contributed by atoms with Gasteiger partial charge in [0.2, 0.25) is 0 Å². The summed E-state index contributed by atoms with van der Waals surface area (Å²) in [5.74, 6) is 0.0468. The van der Waals surface area contributed by atoms with E-state index in [0.29, 0.717) is 25.4 Å². The van der Waals surface area contributed by atoms with Crippen LogP contribution >= 0.6 is 11.3 Å². The number of carbonyl (C=O) groups is 1. The van der Waals surface area contributed by atoms with Crippen molar-refractivity contribution in [2.24, 2.45) is 0 Å². The lowest BCUT2D eigenvalue weighted by Crippen LogP contribution is -2.57. The third kappa shape index (κ3) is 2.66. The Kier molecular flexibility index (Phi) is 3.56. The van der Waals surface area contributed by atoms with Gasteiger partial charge in [-0.15, -0.1) is 11.3 Å². The van der Waals surface area contributed by atoms with Gasteiger partial charge in [-0.3, -0.25) is 4.79 Å². The molecule has 0 aliphatic carbocycles. The summed E-state index contributed by atoms with van der Waals surface area (Å²) in [6, 6.07) is 0. The van der Waals surface area contributed by atoms with E-state index >= 15 is 0 Å². The normalized spacial score (nSPS) is 22.7. The number of aromatic nitrogens is 1. The van der Waals surface area contributed by atoms with Gasteiger partial charge in [-0.1, -0.05) is 0 Å². The standard InChI is InChI=1S/C13H19N3O2S/c1-10-15-11(8-19-10)12(17)16-6-7-18-13(9-16)2-4-14-5-3-13/h8,14H,2-7,9H2,1H3. The number of nitrogens with one attached hydrogen (secondary N) is 1. The Bertz CT molecular complexity index is 463. The zero-order valence-electron chi connectivity index (χ0n) is 11.1. The molecule has 104 valence electrons. The molecule has 0 atom stereocenters. The van der Waals surface area contributed by atoms with Crippen LogP contribution in [0.2, 0.25) is 0 Å². The van der Waals surface area contributed by atoms with Crippen molar-refractivity contribution >= 4 is 17.2 Å². The van der Waals surface area contributed by atoms with Crippen LogP contribution in [0.15, 0.2) is 5.38 Å². The summed E-state index contributed by atoms with van der Waals surface area (Å²) in [6.45, 7) is 5.87.